The van der Waals surface area contributed by atoms with Crippen LogP contribution in [0.1, 0.15) is 11.1 Å². The molecule has 3 aromatic carbocycles. The predicted octanol–water partition coefficient (Wildman–Crippen LogP) is 5.83. The van der Waals surface area contributed by atoms with E-state index < -0.39 is 15.5 Å². The van der Waals surface area contributed by atoms with E-state index in [4.69, 9.17) is 27.9 Å². The molecule has 3 aromatic rings. The van der Waals surface area contributed by atoms with Crippen LogP contribution in [-0.4, -0.2) is 16.1 Å². The summed E-state index contributed by atoms with van der Waals surface area (Å²) < 4.78 is 5.70. The van der Waals surface area contributed by atoms with Crippen molar-refractivity contribution in [3.8, 4) is 5.75 Å². The van der Waals surface area contributed by atoms with Crippen molar-refractivity contribution in [1.29, 1.82) is 0 Å². The van der Waals surface area contributed by atoms with Crippen LogP contribution in [0, 0.1) is 20.2 Å². The summed E-state index contributed by atoms with van der Waals surface area (Å²) in [5.41, 5.74) is 3.09. The van der Waals surface area contributed by atoms with E-state index in [2.05, 4.69) is 10.5 Å². The van der Waals surface area contributed by atoms with Crippen molar-refractivity contribution < 1.29 is 14.6 Å². The molecule has 0 saturated heterocycles. The average molecular weight is 461 g/mol. The van der Waals surface area contributed by atoms with E-state index in [-0.39, 0.29) is 18.0 Å². The van der Waals surface area contributed by atoms with E-state index in [0.717, 1.165) is 17.7 Å². The van der Waals surface area contributed by atoms with E-state index in [9.17, 15) is 20.2 Å². The first kappa shape index (κ1) is 22.0. The van der Waals surface area contributed by atoms with Gasteiger partial charge in [0.25, 0.3) is 5.69 Å². The number of halogens is 2. The highest BCUT2D eigenvalue weighted by molar-refractivity contribution is 6.32. The molecule has 0 saturated carbocycles. The number of ether oxygens (including phenoxy) is 1. The number of benzene rings is 3. The second-order valence-corrected chi connectivity index (χ2v) is 6.97. The number of rotatable bonds is 8. The number of hydrogen-bond acceptors (Lipinski definition) is 7. The summed E-state index contributed by atoms with van der Waals surface area (Å²) in [4.78, 5) is 20.5. The predicted molar refractivity (Wildman–Crippen MR) is 118 cm³/mol. The summed E-state index contributed by atoms with van der Waals surface area (Å²) in [5, 5.41) is 26.8. The minimum absolute atomic E-state index is 0.0117. The number of nitrogens with one attached hydrogen (secondary N) is 1. The van der Waals surface area contributed by atoms with Crippen molar-refractivity contribution >= 4 is 46.5 Å². The van der Waals surface area contributed by atoms with Gasteiger partial charge < -0.3 is 4.74 Å². The zero-order chi connectivity index (χ0) is 22.4. The fraction of sp³-hybridized carbons (Fsp3) is 0.0500. The monoisotopic (exact) mass is 460 g/mol. The molecule has 0 aliphatic rings. The Balaban J connectivity index is 1.68. The maximum absolute atomic E-state index is 11.1. The third-order valence-corrected chi connectivity index (χ3v) is 4.75. The SMILES string of the molecule is O=[N+]([O-])c1ccc(N/N=C\c2ccc(OCc3ccccc3Cl)c(Cl)c2)c([N+](=O)[O-])c1. The molecule has 1 N–H and O–H groups in total. The molecule has 0 aliphatic heterocycles. The zero-order valence-corrected chi connectivity index (χ0v) is 17.2. The van der Waals surface area contributed by atoms with Gasteiger partial charge in [-0.2, -0.15) is 5.10 Å². The van der Waals surface area contributed by atoms with Crippen LogP contribution in [0.2, 0.25) is 10.0 Å². The zero-order valence-electron chi connectivity index (χ0n) is 15.7. The Morgan fingerprint density at radius 3 is 2.42 bits per heavy atom. The molecular formula is C20H14Cl2N4O5. The topological polar surface area (TPSA) is 120 Å². The number of hydrazone groups is 1. The molecule has 0 aliphatic carbocycles. The van der Waals surface area contributed by atoms with E-state index >= 15 is 0 Å². The van der Waals surface area contributed by atoms with Crippen LogP contribution in [0.4, 0.5) is 17.1 Å². The van der Waals surface area contributed by atoms with Crippen LogP contribution in [-0.2, 0) is 6.61 Å². The first-order valence-electron chi connectivity index (χ1n) is 8.73. The van der Waals surface area contributed by atoms with Gasteiger partial charge >= 0.3 is 5.69 Å². The van der Waals surface area contributed by atoms with Crippen LogP contribution in [0.15, 0.2) is 65.8 Å². The Kier molecular flexibility index (Phi) is 7.01. The fourth-order valence-corrected chi connectivity index (χ4v) is 2.97. The minimum Gasteiger partial charge on any atom is -0.487 e. The van der Waals surface area contributed by atoms with E-state index in [1.54, 1.807) is 24.3 Å². The summed E-state index contributed by atoms with van der Waals surface area (Å²) in [6.07, 6.45) is 1.40. The first-order chi connectivity index (χ1) is 14.8. The van der Waals surface area contributed by atoms with E-state index in [1.807, 2.05) is 18.2 Å². The lowest BCUT2D eigenvalue weighted by molar-refractivity contribution is -0.393. The summed E-state index contributed by atoms with van der Waals surface area (Å²) in [6, 6.07) is 15.5. The molecular weight excluding hydrogens is 447 g/mol. The van der Waals surface area contributed by atoms with Gasteiger partial charge in [0.05, 0.1) is 27.2 Å². The Morgan fingerprint density at radius 1 is 0.968 bits per heavy atom. The van der Waals surface area contributed by atoms with Crippen LogP contribution in [0.3, 0.4) is 0 Å². The third-order valence-electron chi connectivity index (χ3n) is 4.08. The van der Waals surface area contributed by atoms with Gasteiger partial charge in [-0.1, -0.05) is 41.4 Å². The maximum atomic E-state index is 11.1. The lowest BCUT2D eigenvalue weighted by Crippen LogP contribution is -1.99. The van der Waals surface area contributed by atoms with Crippen molar-refractivity contribution in [3.63, 3.8) is 0 Å². The highest BCUT2D eigenvalue weighted by atomic mass is 35.5. The third kappa shape index (κ3) is 5.68. The lowest BCUT2D eigenvalue weighted by atomic mass is 10.2. The molecule has 0 bridgehead atoms. The van der Waals surface area contributed by atoms with Crippen LogP contribution < -0.4 is 10.2 Å². The molecule has 3 rings (SSSR count). The van der Waals surface area contributed by atoms with Crippen LogP contribution >= 0.6 is 23.2 Å². The molecule has 31 heavy (non-hydrogen) atoms. The smallest absolute Gasteiger partial charge is 0.301 e. The molecule has 9 nitrogen and oxygen atoms in total. The van der Waals surface area contributed by atoms with Crippen LogP contribution in [0.25, 0.3) is 0 Å². The van der Waals surface area contributed by atoms with Crippen molar-refractivity contribution in [2.75, 3.05) is 5.43 Å². The molecule has 0 atom stereocenters. The highest BCUT2D eigenvalue weighted by Gasteiger charge is 2.19. The molecule has 0 radical (unpaired) electrons. The maximum Gasteiger partial charge on any atom is 0.301 e. The van der Waals surface area contributed by atoms with E-state index in [1.165, 1.54) is 12.3 Å². The Morgan fingerprint density at radius 2 is 1.74 bits per heavy atom. The molecule has 0 unspecified atom stereocenters. The van der Waals surface area contributed by atoms with Crippen molar-refractivity contribution in [1.82, 2.24) is 0 Å². The Hall–Kier alpha value is -3.69. The number of non-ortho nitro benzene ring substituents is 1. The normalized spacial score (nSPS) is 10.8. The average Bonchev–Trinajstić information content (AvgIpc) is 2.74. The quantitative estimate of drug-likeness (QED) is 0.256. The second kappa shape index (κ2) is 9.88. The van der Waals surface area contributed by atoms with Gasteiger partial charge in [-0.15, -0.1) is 0 Å². The van der Waals surface area contributed by atoms with Gasteiger partial charge in [-0.05, 0) is 35.9 Å². The lowest BCUT2D eigenvalue weighted by Gasteiger charge is -2.09. The second-order valence-electron chi connectivity index (χ2n) is 6.16. The number of nitro groups is 2. The van der Waals surface area contributed by atoms with Gasteiger partial charge in [0.1, 0.15) is 18.0 Å². The number of hydrogen-bond donors (Lipinski definition) is 1. The molecule has 0 fully saturated rings. The molecule has 11 heteroatoms. The minimum atomic E-state index is -0.729. The number of nitro benzene ring substituents is 2. The largest absolute Gasteiger partial charge is 0.487 e. The summed E-state index contributed by atoms with van der Waals surface area (Å²) >= 11 is 12.4. The van der Waals surface area contributed by atoms with Gasteiger partial charge in [0, 0.05) is 16.7 Å². The fourth-order valence-electron chi connectivity index (χ4n) is 2.54. The van der Waals surface area contributed by atoms with Gasteiger partial charge in [-0.3, -0.25) is 25.7 Å². The molecule has 0 spiro atoms. The standard InChI is InChI=1S/C20H14Cl2N4O5/c21-16-4-2-1-3-14(16)12-31-20-8-5-13(9-17(20)22)11-23-24-18-7-6-15(25(27)28)10-19(18)26(29)30/h1-11,24H,12H2/b23-11-. The van der Waals surface area contributed by atoms with E-state index in [0.29, 0.717) is 21.4 Å². The number of nitrogens with zero attached hydrogens (tertiary/aromatic N) is 3. The summed E-state index contributed by atoms with van der Waals surface area (Å²) in [5.74, 6) is 0.456. The molecule has 0 aromatic heterocycles. The Bertz CT molecular complexity index is 1170. The van der Waals surface area contributed by atoms with Crippen molar-refractivity contribution in [2.24, 2.45) is 5.10 Å². The Labute approximate surface area is 186 Å². The van der Waals surface area contributed by atoms with Crippen LogP contribution in [0.5, 0.6) is 5.75 Å². The molecule has 0 heterocycles. The molecule has 0 amide bonds. The summed E-state index contributed by atoms with van der Waals surface area (Å²) in [7, 11) is 0. The molecule has 158 valence electrons. The van der Waals surface area contributed by atoms with Crippen molar-refractivity contribution in [3.05, 3.63) is 102 Å². The van der Waals surface area contributed by atoms with Gasteiger partial charge in [0.2, 0.25) is 0 Å². The summed E-state index contributed by atoms with van der Waals surface area (Å²) in [6.45, 7) is 0.248. The highest BCUT2D eigenvalue weighted by Crippen LogP contribution is 2.29. The number of anilines is 1. The first-order valence-corrected chi connectivity index (χ1v) is 9.48. The van der Waals surface area contributed by atoms with Gasteiger partial charge in [0.15, 0.2) is 0 Å². The van der Waals surface area contributed by atoms with Gasteiger partial charge in [-0.25, -0.2) is 0 Å². The van der Waals surface area contributed by atoms with Crippen molar-refractivity contribution in [2.45, 2.75) is 6.61 Å².